The lowest BCUT2D eigenvalue weighted by molar-refractivity contribution is 0.0828. The molecule has 1 atom stereocenters. The molecule has 25 heavy (non-hydrogen) atoms. The zero-order chi connectivity index (χ0) is 18.0. The number of nitrogens with one attached hydrogen (secondary N) is 1. The molecule has 0 unspecified atom stereocenters. The van der Waals surface area contributed by atoms with Gasteiger partial charge in [-0.05, 0) is 51.5 Å². The van der Waals surface area contributed by atoms with E-state index < -0.39 is 0 Å². The second-order valence-electron chi connectivity index (χ2n) is 7.37. The van der Waals surface area contributed by atoms with Crippen molar-refractivity contribution in [3.05, 3.63) is 26.6 Å². The smallest absolute Gasteiger partial charge is 0.259 e. The highest BCUT2D eigenvalue weighted by Gasteiger charge is 2.21. The van der Waals surface area contributed by atoms with Gasteiger partial charge in [-0.25, -0.2) is 4.98 Å². The largest absolute Gasteiger partial charge is 0.392 e. The number of rotatable bonds is 7. The molecule has 0 aromatic carbocycles. The van der Waals surface area contributed by atoms with Crippen LogP contribution in [0, 0.1) is 0 Å². The minimum absolute atomic E-state index is 0.00258. The first-order chi connectivity index (χ1) is 12.0. The summed E-state index contributed by atoms with van der Waals surface area (Å²) in [5, 5.41) is 11.0. The van der Waals surface area contributed by atoms with Crippen LogP contribution in [0.25, 0.3) is 10.2 Å². The molecule has 1 aliphatic rings. The Labute approximate surface area is 153 Å². The molecule has 0 amide bonds. The van der Waals surface area contributed by atoms with Crippen LogP contribution >= 0.6 is 11.3 Å². The summed E-state index contributed by atoms with van der Waals surface area (Å²) in [7, 11) is 0. The van der Waals surface area contributed by atoms with Crippen molar-refractivity contribution in [2.45, 2.75) is 78.0 Å². The van der Waals surface area contributed by atoms with Crippen molar-refractivity contribution in [3.63, 3.8) is 0 Å². The zero-order valence-corrected chi connectivity index (χ0v) is 16.3. The number of H-pyrrole nitrogens is 1. The number of aromatic amines is 1. The van der Waals surface area contributed by atoms with Crippen LogP contribution in [0.2, 0.25) is 0 Å². The molecule has 0 spiro atoms. The molecule has 0 fully saturated rings. The van der Waals surface area contributed by atoms with E-state index in [9.17, 15) is 9.90 Å². The Kier molecular flexibility index (Phi) is 5.92. The minimum Gasteiger partial charge on any atom is -0.392 e. The predicted octanol–water partition coefficient (Wildman–Crippen LogP) is 3.23. The summed E-state index contributed by atoms with van der Waals surface area (Å²) >= 11 is 1.69. The van der Waals surface area contributed by atoms with E-state index in [0.29, 0.717) is 18.9 Å². The Morgan fingerprint density at radius 3 is 2.80 bits per heavy atom. The lowest BCUT2D eigenvalue weighted by Crippen LogP contribution is -2.38. The maximum Gasteiger partial charge on any atom is 0.259 e. The van der Waals surface area contributed by atoms with Gasteiger partial charge in [0.2, 0.25) is 0 Å². The number of fused-ring (bicyclic) bond motifs is 3. The molecule has 2 heterocycles. The average molecular weight is 364 g/mol. The molecule has 138 valence electrons. The quantitative estimate of drug-likeness (QED) is 0.792. The van der Waals surface area contributed by atoms with Crippen molar-refractivity contribution in [1.29, 1.82) is 0 Å². The van der Waals surface area contributed by atoms with Crippen LogP contribution in [0.4, 0.5) is 0 Å². The van der Waals surface area contributed by atoms with Crippen molar-refractivity contribution >= 4 is 21.6 Å². The molecule has 2 N–H and O–H groups in total. The van der Waals surface area contributed by atoms with Crippen molar-refractivity contribution < 1.29 is 5.11 Å². The van der Waals surface area contributed by atoms with Gasteiger partial charge in [0.05, 0.1) is 18.0 Å². The third-order valence-corrected chi connectivity index (χ3v) is 6.21. The van der Waals surface area contributed by atoms with E-state index in [1.807, 2.05) is 0 Å². The summed E-state index contributed by atoms with van der Waals surface area (Å²) in [5.74, 6) is 0.702. The molecule has 1 aliphatic carbocycles. The van der Waals surface area contributed by atoms with Gasteiger partial charge in [-0.2, -0.15) is 0 Å². The highest BCUT2D eigenvalue weighted by molar-refractivity contribution is 7.18. The van der Waals surface area contributed by atoms with E-state index in [0.717, 1.165) is 42.3 Å². The lowest BCUT2D eigenvalue weighted by atomic mass is 9.97. The third kappa shape index (κ3) is 4.13. The van der Waals surface area contributed by atoms with Crippen LogP contribution in [0.5, 0.6) is 0 Å². The fraction of sp³-hybridized carbons (Fsp3) is 0.684. The second-order valence-corrected chi connectivity index (χ2v) is 8.45. The number of hydrogen-bond acceptors (Lipinski definition) is 5. The molecule has 6 heteroatoms. The summed E-state index contributed by atoms with van der Waals surface area (Å²) in [6.45, 7) is 7.47. The van der Waals surface area contributed by atoms with Gasteiger partial charge in [0, 0.05) is 17.5 Å². The normalized spacial score (nSPS) is 15.9. The molecule has 2 aromatic heterocycles. The van der Waals surface area contributed by atoms with Crippen molar-refractivity contribution in [1.82, 2.24) is 14.9 Å². The van der Waals surface area contributed by atoms with E-state index in [-0.39, 0.29) is 17.7 Å². The number of aryl methyl sites for hydroxylation is 2. The van der Waals surface area contributed by atoms with Crippen LogP contribution in [-0.4, -0.2) is 38.7 Å². The van der Waals surface area contributed by atoms with Gasteiger partial charge in [-0.3, -0.25) is 9.69 Å². The molecule has 3 rings (SSSR count). The van der Waals surface area contributed by atoms with E-state index in [4.69, 9.17) is 4.98 Å². The Hall–Kier alpha value is -1.24. The average Bonchev–Trinajstić information content (AvgIpc) is 2.93. The molecule has 5 nitrogen and oxygen atoms in total. The topological polar surface area (TPSA) is 69.2 Å². The van der Waals surface area contributed by atoms with Crippen LogP contribution in [0.3, 0.4) is 0 Å². The van der Waals surface area contributed by atoms with Crippen LogP contribution in [-0.2, 0) is 19.4 Å². The van der Waals surface area contributed by atoms with Crippen molar-refractivity contribution in [2.75, 3.05) is 6.54 Å². The Balaban J connectivity index is 1.86. The second kappa shape index (κ2) is 7.98. The first-order valence-corrected chi connectivity index (χ1v) is 10.3. The minimum atomic E-state index is -0.336. The van der Waals surface area contributed by atoms with E-state index in [1.165, 1.54) is 16.9 Å². The van der Waals surface area contributed by atoms with Gasteiger partial charge < -0.3 is 10.1 Å². The lowest BCUT2D eigenvalue weighted by Gasteiger charge is -2.28. The standard InChI is InChI=1S/C19H29N3O2S/c1-4-7-13(23)10-22(12(2)3)11-16-20-18(24)17-14-8-5-6-9-15(14)25-19(17)21-16/h12-13,23H,4-11H2,1-3H3,(H,20,21,24)/t13-/m0/s1. The highest BCUT2D eigenvalue weighted by Crippen LogP contribution is 2.33. The fourth-order valence-corrected chi connectivity index (χ4v) is 4.91. The van der Waals surface area contributed by atoms with E-state index in [1.54, 1.807) is 11.3 Å². The maximum atomic E-state index is 12.7. The molecule has 0 saturated carbocycles. The number of aliphatic hydroxyl groups excluding tert-OH is 1. The third-order valence-electron chi connectivity index (χ3n) is 5.02. The van der Waals surface area contributed by atoms with E-state index >= 15 is 0 Å². The maximum absolute atomic E-state index is 12.7. The van der Waals surface area contributed by atoms with Gasteiger partial charge in [0.15, 0.2) is 0 Å². The molecule has 2 aromatic rings. The van der Waals surface area contributed by atoms with Crippen LogP contribution in [0.15, 0.2) is 4.79 Å². The van der Waals surface area contributed by atoms with Crippen LogP contribution in [0.1, 0.15) is 62.7 Å². The SMILES string of the molecule is CCC[C@H](O)CN(Cc1nc2sc3c(c2c(=O)[nH]1)CCCC3)C(C)C. The molecule has 0 aliphatic heterocycles. The number of hydrogen-bond donors (Lipinski definition) is 2. The Morgan fingerprint density at radius 1 is 1.32 bits per heavy atom. The van der Waals surface area contributed by atoms with Gasteiger partial charge in [-0.15, -0.1) is 11.3 Å². The number of aliphatic hydroxyl groups is 1. The monoisotopic (exact) mass is 363 g/mol. The molecular weight excluding hydrogens is 334 g/mol. The first kappa shape index (κ1) is 18.5. The molecular formula is C19H29N3O2S. The van der Waals surface area contributed by atoms with Crippen molar-refractivity contribution in [2.24, 2.45) is 0 Å². The Bertz CT molecular complexity index is 781. The predicted molar refractivity (Wildman–Crippen MR) is 103 cm³/mol. The fourth-order valence-electron chi connectivity index (χ4n) is 3.63. The number of thiophene rings is 1. The van der Waals surface area contributed by atoms with Crippen molar-refractivity contribution in [3.8, 4) is 0 Å². The summed E-state index contributed by atoms with van der Waals surface area (Å²) in [6.07, 6.45) is 5.88. The molecule has 0 saturated heterocycles. The van der Waals surface area contributed by atoms with Gasteiger partial charge in [0.1, 0.15) is 10.7 Å². The first-order valence-electron chi connectivity index (χ1n) is 9.45. The highest BCUT2D eigenvalue weighted by atomic mass is 32.1. The number of aromatic nitrogens is 2. The van der Waals surface area contributed by atoms with E-state index in [2.05, 4.69) is 30.7 Å². The summed E-state index contributed by atoms with van der Waals surface area (Å²) < 4.78 is 0. The summed E-state index contributed by atoms with van der Waals surface area (Å²) in [6, 6.07) is 0.282. The Morgan fingerprint density at radius 2 is 2.08 bits per heavy atom. The van der Waals surface area contributed by atoms with Gasteiger partial charge in [0.25, 0.3) is 5.56 Å². The van der Waals surface area contributed by atoms with Crippen LogP contribution < -0.4 is 5.56 Å². The molecule has 0 radical (unpaired) electrons. The summed E-state index contributed by atoms with van der Waals surface area (Å²) in [4.78, 5) is 24.8. The summed E-state index contributed by atoms with van der Waals surface area (Å²) in [5.41, 5.74) is 1.22. The van der Waals surface area contributed by atoms with Gasteiger partial charge >= 0.3 is 0 Å². The molecule has 0 bridgehead atoms. The number of nitrogens with zero attached hydrogens (tertiary/aromatic N) is 2. The van der Waals surface area contributed by atoms with Gasteiger partial charge in [-0.1, -0.05) is 13.3 Å². The zero-order valence-electron chi connectivity index (χ0n) is 15.5.